The Morgan fingerprint density at radius 1 is 1.20 bits per heavy atom. The molecule has 1 aliphatic heterocycles. The van der Waals surface area contributed by atoms with Gasteiger partial charge in [0, 0.05) is 19.0 Å². The first-order valence-corrected chi connectivity index (χ1v) is 11.8. The smallest absolute Gasteiger partial charge is 0.325 e. The Hall–Kier alpha value is -1.97. The number of aliphatic hydroxyl groups is 1. The third-order valence-corrected chi connectivity index (χ3v) is 7.83. The Kier molecular flexibility index (Phi) is 6.84. The van der Waals surface area contributed by atoms with Crippen LogP contribution < -0.4 is 5.32 Å². The number of nitrogens with one attached hydrogen (secondary N) is 1. The molecular weight excluding hydrogens is 408 g/mol. The summed E-state index contributed by atoms with van der Waals surface area (Å²) in [5, 5.41) is 12.9. The van der Waals surface area contributed by atoms with Crippen molar-refractivity contribution < 1.29 is 27.9 Å². The zero-order valence-corrected chi connectivity index (χ0v) is 18.4. The summed E-state index contributed by atoms with van der Waals surface area (Å²) in [6.45, 7) is 4.96. The molecule has 1 saturated carbocycles. The zero-order valence-electron chi connectivity index (χ0n) is 17.6. The molecule has 0 bridgehead atoms. The highest BCUT2D eigenvalue weighted by atomic mass is 32.2. The molecule has 166 valence electrons. The molecule has 2 fully saturated rings. The number of hydrogen-bond donors (Lipinski definition) is 2. The van der Waals surface area contributed by atoms with E-state index in [1.165, 1.54) is 13.0 Å². The molecule has 0 spiro atoms. The third kappa shape index (κ3) is 4.84. The second-order valence-electron chi connectivity index (χ2n) is 8.30. The number of sulfonamides is 1. The van der Waals surface area contributed by atoms with Gasteiger partial charge in [0.2, 0.25) is 10.0 Å². The number of benzene rings is 1. The lowest BCUT2D eigenvalue weighted by atomic mass is 10.1. The van der Waals surface area contributed by atoms with Gasteiger partial charge in [-0.1, -0.05) is 18.9 Å². The largest absolute Gasteiger partial charge is 0.451 e. The van der Waals surface area contributed by atoms with Crippen LogP contribution in [0.1, 0.15) is 50.2 Å². The third-order valence-electron chi connectivity index (χ3n) is 5.95. The van der Waals surface area contributed by atoms with Crippen LogP contribution in [0.5, 0.6) is 0 Å². The summed E-state index contributed by atoms with van der Waals surface area (Å²) >= 11 is 0. The molecule has 3 unspecified atom stereocenters. The fourth-order valence-electron chi connectivity index (χ4n) is 3.97. The van der Waals surface area contributed by atoms with E-state index in [2.05, 4.69) is 5.32 Å². The van der Waals surface area contributed by atoms with Crippen LogP contribution in [0.2, 0.25) is 0 Å². The van der Waals surface area contributed by atoms with E-state index in [1.54, 1.807) is 12.1 Å². The molecule has 3 atom stereocenters. The van der Waals surface area contributed by atoms with Gasteiger partial charge in [-0.3, -0.25) is 9.59 Å². The average molecular weight is 439 g/mol. The molecule has 9 heteroatoms. The van der Waals surface area contributed by atoms with Gasteiger partial charge in [0.15, 0.2) is 6.10 Å². The van der Waals surface area contributed by atoms with E-state index >= 15 is 0 Å². The van der Waals surface area contributed by atoms with Gasteiger partial charge in [0.1, 0.15) is 6.04 Å². The molecule has 3 rings (SSSR count). The van der Waals surface area contributed by atoms with E-state index < -0.39 is 40.1 Å². The van der Waals surface area contributed by atoms with E-state index in [0.29, 0.717) is 0 Å². The van der Waals surface area contributed by atoms with Crippen LogP contribution in [0.4, 0.5) is 0 Å². The van der Waals surface area contributed by atoms with Crippen molar-refractivity contribution >= 4 is 21.9 Å². The number of ether oxygens (including phenoxy) is 1. The van der Waals surface area contributed by atoms with Gasteiger partial charge in [-0.2, -0.15) is 4.31 Å². The van der Waals surface area contributed by atoms with Crippen molar-refractivity contribution in [2.45, 2.75) is 82.1 Å². The number of rotatable bonds is 6. The van der Waals surface area contributed by atoms with Crippen molar-refractivity contribution in [1.82, 2.24) is 9.62 Å². The van der Waals surface area contributed by atoms with Crippen molar-refractivity contribution in [2.75, 3.05) is 6.54 Å². The summed E-state index contributed by atoms with van der Waals surface area (Å²) in [6.07, 6.45) is 1.84. The maximum absolute atomic E-state index is 13.1. The predicted octanol–water partition coefficient (Wildman–Crippen LogP) is 1.42. The standard InChI is InChI=1S/C21H30N2O6S/c1-13-8-9-18(10-14(13)2)30(27,28)23-12-17(24)11-19(23)21(26)29-15(3)20(25)22-16-6-4-5-7-16/h8-10,15-17,19,24H,4-7,11-12H2,1-3H3,(H,22,25). The summed E-state index contributed by atoms with van der Waals surface area (Å²) < 4.78 is 32.5. The zero-order chi connectivity index (χ0) is 22.1. The van der Waals surface area contributed by atoms with E-state index in [-0.39, 0.29) is 23.9 Å². The fourth-order valence-corrected chi connectivity index (χ4v) is 5.68. The summed E-state index contributed by atoms with van der Waals surface area (Å²) in [5.41, 5.74) is 1.76. The molecule has 1 saturated heterocycles. The molecule has 0 radical (unpaired) electrons. The second-order valence-corrected chi connectivity index (χ2v) is 10.2. The molecular formula is C21H30N2O6S. The number of carbonyl (C=O) groups is 2. The first-order chi connectivity index (χ1) is 14.1. The van der Waals surface area contributed by atoms with E-state index in [4.69, 9.17) is 4.74 Å². The minimum Gasteiger partial charge on any atom is -0.451 e. The Labute approximate surface area is 177 Å². The van der Waals surface area contributed by atoms with Crippen LogP contribution in [0.3, 0.4) is 0 Å². The predicted molar refractivity (Wildman–Crippen MR) is 110 cm³/mol. The molecule has 1 aliphatic carbocycles. The molecule has 1 aromatic rings. The Balaban J connectivity index is 1.72. The number of esters is 1. The van der Waals surface area contributed by atoms with Crippen LogP contribution in [0, 0.1) is 13.8 Å². The van der Waals surface area contributed by atoms with Crippen LogP contribution in [-0.4, -0.2) is 60.5 Å². The number of aliphatic hydroxyl groups excluding tert-OH is 1. The minimum atomic E-state index is -4.01. The van der Waals surface area contributed by atoms with E-state index in [0.717, 1.165) is 41.1 Å². The van der Waals surface area contributed by atoms with Crippen LogP contribution >= 0.6 is 0 Å². The summed E-state index contributed by atoms with van der Waals surface area (Å²) in [6, 6.07) is 3.66. The number of nitrogens with zero attached hydrogens (tertiary/aromatic N) is 1. The Bertz CT molecular complexity index is 910. The van der Waals surface area contributed by atoms with E-state index in [9.17, 15) is 23.1 Å². The quantitative estimate of drug-likeness (QED) is 0.650. The number of β-amino-alcohol motifs (C(OH)–C–C–N with tert-alkyl or cyclic N) is 1. The van der Waals surface area contributed by atoms with Gasteiger partial charge in [-0.25, -0.2) is 8.42 Å². The Morgan fingerprint density at radius 3 is 2.50 bits per heavy atom. The lowest BCUT2D eigenvalue weighted by molar-refractivity contribution is -0.158. The van der Waals surface area contributed by atoms with Crippen molar-refractivity contribution in [2.24, 2.45) is 0 Å². The van der Waals surface area contributed by atoms with Crippen molar-refractivity contribution in [3.05, 3.63) is 29.3 Å². The molecule has 1 heterocycles. The summed E-state index contributed by atoms with van der Waals surface area (Å²) in [7, 11) is -4.01. The molecule has 30 heavy (non-hydrogen) atoms. The maximum Gasteiger partial charge on any atom is 0.325 e. The number of aryl methyl sites for hydroxylation is 2. The first-order valence-electron chi connectivity index (χ1n) is 10.4. The van der Waals surface area contributed by atoms with E-state index in [1.807, 2.05) is 13.8 Å². The lowest BCUT2D eigenvalue weighted by Gasteiger charge is -2.24. The van der Waals surface area contributed by atoms with Gasteiger partial charge < -0.3 is 15.2 Å². The highest BCUT2D eigenvalue weighted by molar-refractivity contribution is 7.89. The summed E-state index contributed by atoms with van der Waals surface area (Å²) in [4.78, 5) is 25.1. The highest BCUT2D eigenvalue weighted by Crippen LogP contribution is 2.28. The van der Waals surface area contributed by atoms with Crippen molar-refractivity contribution in [3.8, 4) is 0 Å². The number of hydrogen-bond acceptors (Lipinski definition) is 6. The maximum atomic E-state index is 13.1. The van der Waals surface area contributed by atoms with Gasteiger partial charge in [-0.15, -0.1) is 0 Å². The lowest BCUT2D eigenvalue weighted by Crippen LogP contribution is -2.45. The number of amides is 1. The topological polar surface area (TPSA) is 113 Å². The van der Waals surface area contributed by atoms with Gasteiger partial charge in [-0.05, 0) is 56.9 Å². The van der Waals surface area contributed by atoms with Crippen molar-refractivity contribution in [3.63, 3.8) is 0 Å². The van der Waals surface area contributed by atoms with Gasteiger partial charge in [0.25, 0.3) is 5.91 Å². The average Bonchev–Trinajstić information content (AvgIpc) is 3.33. The van der Waals surface area contributed by atoms with Crippen LogP contribution in [0.15, 0.2) is 23.1 Å². The monoisotopic (exact) mass is 438 g/mol. The second kappa shape index (κ2) is 9.03. The normalized spacial score (nSPS) is 24.0. The number of carbonyl (C=O) groups excluding carboxylic acids is 2. The minimum absolute atomic E-state index is 0.0597. The molecule has 1 amide bonds. The molecule has 8 nitrogen and oxygen atoms in total. The first kappa shape index (κ1) is 22.7. The molecule has 0 aromatic heterocycles. The molecule has 2 N–H and O–H groups in total. The fraction of sp³-hybridized carbons (Fsp3) is 0.619. The summed E-state index contributed by atoms with van der Waals surface area (Å²) in [5.74, 6) is -1.22. The van der Waals surface area contributed by atoms with Crippen LogP contribution in [0.25, 0.3) is 0 Å². The van der Waals surface area contributed by atoms with Crippen molar-refractivity contribution in [1.29, 1.82) is 0 Å². The van der Waals surface area contributed by atoms with Crippen LogP contribution in [-0.2, 0) is 24.3 Å². The molecule has 1 aromatic carbocycles. The Morgan fingerprint density at radius 2 is 1.87 bits per heavy atom. The van der Waals surface area contributed by atoms with Gasteiger partial charge >= 0.3 is 5.97 Å². The highest BCUT2D eigenvalue weighted by Gasteiger charge is 2.45. The molecule has 2 aliphatic rings. The SMILES string of the molecule is Cc1ccc(S(=O)(=O)N2CC(O)CC2C(=O)OC(C)C(=O)NC2CCCC2)cc1C. The van der Waals surface area contributed by atoms with Gasteiger partial charge in [0.05, 0.1) is 11.0 Å².